The highest BCUT2D eigenvalue weighted by Crippen LogP contribution is 2.22. The number of benzene rings is 2. The van der Waals surface area contributed by atoms with E-state index in [0.717, 1.165) is 5.56 Å². The summed E-state index contributed by atoms with van der Waals surface area (Å²) in [5.41, 5.74) is 1.69. The molecule has 7 nitrogen and oxygen atoms in total. The van der Waals surface area contributed by atoms with Crippen LogP contribution in [0.1, 0.15) is 30.4 Å². The van der Waals surface area contributed by atoms with Crippen molar-refractivity contribution >= 4 is 23.3 Å². The molecule has 0 radical (unpaired) electrons. The highest BCUT2D eigenvalue weighted by molar-refractivity contribution is 5.94. The van der Waals surface area contributed by atoms with Crippen LogP contribution in [0, 0.1) is 17.0 Å². The van der Waals surface area contributed by atoms with Crippen molar-refractivity contribution in [2.24, 2.45) is 0 Å². The standard InChI is InChI=1S/C19H20N2O5/c1-3-16(14-7-5-4-6-8-14)19(23)26-12-18(22)20-17-11-15(21(24)25)10-9-13(17)2/h4-11,16H,3,12H2,1-2H3,(H,20,22)/t16-/m1/s1. The number of amides is 1. The van der Waals surface area contributed by atoms with Gasteiger partial charge in [-0.3, -0.25) is 19.7 Å². The van der Waals surface area contributed by atoms with Gasteiger partial charge in [0.05, 0.1) is 16.5 Å². The molecule has 2 aromatic rings. The number of hydrogen-bond donors (Lipinski definition) is 1. The highest BCUT2D eigenvalue weighted by Gasteiger charge is 2.21. The first-order valence-corrected chi connectivity index (χ1v) is 8.18. The van der Waals surface area contributed by atoms with Crippen LogP contribution in [0.15, 0.2) is 48.5 Å². The van der Waals surface area contributed by atoms with E-state index in [1.54, 1.807) is 13.0 Å². The number of hydrogen-bond acceptors (Lipinski definition) is 5. The van der Waals surface area contributed by atoms with Gasteiger partial charge >= 0.3 is 5.97 Å². The molecule has 0 unspecified atom stereocenters. The van der Waals surface area contributed by atoms with E-state index >= 15 is 0 Å². The van der Waals surface area contributed by atoms with Gasteiger partial charge in [-0.05, 0) is 24.5 Å². The predicted molar refractivity (Wildman–Crippen MR) is 96.9 cm³/mol. The molecule has 2 aromatic carbocycles. The molecule has 1 amide bonds. The van der Waals surface area contributed by atoms with Gasteiger partial charge in [-0.2, -0.15) is 0 Å². The molecule has 0 bridgehead atoms. The first-order chi connectivity index (χ1) is 12.4. The molecule has 0 aliphatic rings. The third-order valence-electron chi connectivity index (χ3n) is 3.95. The average molecular weight is 356 g/mol. The molecule has 0 aliphatic heterocycles. The van der Waals surface area contributed by atoms with Gasteiger partial charge in [-0.1, -0.05) is 43.3 Å². The third kappa shape index (κ3) is 4.89. The fraction of sp³-hybridized carbons (Fsp3) is 0.263. The molecule has 0 spiro atoms. The number of esters is 1. The summed E-state index contributed by atoms with van der Waals surface area (Å²) in [4.78, 5) is 34.6. The number of nitro groups is 1. The summed E-state index contributed by atoms with van der Waals surface area (Å²) in [5, 5.41) is 13.4. The van der Waals surface area contributed by atoms with E-state index in [1.807, 2.05) is 37.3 Å². The van der Waals surface area contributed by atoms with Crippen LogP contribution in [-0.4, -0.2) is 23.4 Å². The molecule has 136 valence electrons. The molecule has 0 fully saturated rings. The van der Waals surface area contributed by atoms with Gasteiger partial charge < -0.3 is 10.1 Å². The van der Waals surface area contributed by atoms with E-state index in [2.05, 4.69) is 5.32 Å². The number of nitro benzene ring substituents is 1. The van der Waals surface area contributed by atoms with E-state index < -0.39 is 29.3 Å². The van der Waals surface area contributed by atoms with E-state index in [1.165, 1.54) is 12.1 Å². The molecule has 0 aromatic heterocycles. The van der Waals surface area contributed by atoms with Crippen LogP contribution < -0.4 is 5.32 Å². The van der Waals surface area contributed by atoms with Crippen LogP contribution in [-0.2, 0) is 14.3 Å². The number of ether oxygens (including phenoxy) is 1. The van der Waals surface area contributed by atoms with Crippen molar-refractivity contribution < 1.29 is 19.2 Å². The number of carbonyl (C=O) groups is 2. The van der Waals surface area contributed by atoms with Crippen LogP contribution in [0.4, 0.5) is 11.4 Å². The summed E-state index contributed by atoms with van der Waals surface area (Å²) < 4.78 is 5.12. The zero-order chi connectivity index (χ0) is 19.1. The summed E-state index contributed by atoms with van der Waals surface area (Å²) in [5.74, 6) is -1.47. The molecule has 0 aliphatic carbocycles. The minimum atomic E-state index is -0.551. The smallest absolute Gasteiger partial charge is 0.313 e. The maximum Gasteiger partial charge on any atom is 0.313 e. The summed E-state index contributed by atoms with van der Waals surface area (Å²) in [7, 11) is 0. The summed E-state index contributed by atoms with van der Waals surface area (Å²) >= 11 is 0. The molecule has 2 rings (SSSR count). The van der Waals surface area contributed by atoms with E-state index in [4.69, 9.17) is 4.74 Å². The van der Waals surface area contributed by atoms with Crippen LogP contribution in [0.2, 0.25) is 0 Å². The Bertz CT molecular complexity index is 805. The fourth-order valence-corrected chi connectivity index (χ4v) is 2.51. The lowest BCUT2D eigenvalue weighted by Gasteiger charge is -2.14. The zero-order valence-electron chi connectivity index (χ0n) is 14.6. The largest absolute Gasteiger partial charge is 0.455 e. The van der Waals surface area contributed by atoms with Gasteiger partial charge in [0.1, 0.15) is 0 Å². The lowest BCUT2D eigenvalue weighted by Crippen LogP contribution is -2.24. The lowest BCUT2D eigenvalue weighted by atomic mass is 9.97. The summed E-state index contributed by atoms with van der Waals surface area (Å²) in [6.45, 7) is 3.13. The van der Waals surface area contributed by atoms with Gasteiger partial charge in [0.2, 0.25) is 0 Å². The maximum atomic E-state index is 12.3. The van der Waals surface area contributed by atoms with Crippen molar-refractivity contribution in [3.63, 3.8) is 0 Å². The summed E-state index contributed by atoms with van der Waals surface area (Å²) in [6, 6.07) is 13.4. The Morgan fingerprint density at radius 2 is 1.88 bits per heavy atom. The van der Waals surface area contributed by atoms with Crippen LogP contribution in [0.5, 0.6) is 0 Å². The Labute approximate surface area is 151 Å². The Morgan fingerprint density at radius 1 is 1.19 bits per heavy atom. The van der Waals surface area contributed by atoms with Crippen LogP contribution >= 0.6 is 0 Å². The Morgan fingerprint density at radius 3 is 2.50 bits per heavy atom. The SMILES string of the molecule is CC[C@@H](C(=O)OCC(=O)Nc1cc([N+](=O)[O-])ccc1C)c1ccccc1. The number of rotatable bonds is 7. The molecule has 0 saturated carbocycles. The van der Waals surface area contributed by atoms with Crippen molar-refractivity contribution in [3.05, 3.63) is 69.8 Å². The first kappa shape index (κ1) is 19.1. The van der Waals surface area contributed by atoms with E-state index in [-0.39, 0.29) is 5.69 Å². The van der Waals surface area contributed by atoms with Crippen molar-refractivity contribution in [3.8, 4) is 0 Å². The van der Waals surface area contributed by atoms with Gasteiger partial charge in [0, 0.05) is 12.1 Å². The predicted octanol–water partition coefficient (Wildman–Crippen LogP) is 3.58. The number of aryl methyl sites for hydroxylation is 1. The number of carbonyl (C=O) groups excluding carboxylic acids is 2. The lowest BCUT2D eigenvalue weighted by molar-refractivity contribution is -0.384. The second kappa shape index (κ2) is 8.75. The molecule has 0 heterocycles. The number of nitrogens with one attached hydrogen (secondary N) is 1. The minimum absolute atomic E-state index is 0.127. The molecular weight excluding hydrogens is 336 g/mol. The zero-order valence-corrected chi connectivity index (χ0v) is 14.6. The fourth-order valence-electron chi connectivity index (χ4n) is 2.51. The second-order valence-electron chi connectivity index (χ2n) is 5.78. The Balaban J connectivity index is 1.97. The van der Waals surface area contributed by atoms with Crippen LogP contribution in [0.3, 0.4) is 0 Å². The van der Waals surface area contributed by atoms with Crippen molar-refractivity contribution in [1.82, 2.24) is 0 Å². The molecule has 0 saturated heterocycles. The molecular formula is C19H20N2O5. The molecule has 7 heteroatoms. The Hall–Kier alpha value is -3.22. The molecule has 1 atom stereocenters. The molecule has 1 N–H and O–H groups in total. The van der Waals surface area contributed by atoms with Crippen molar-refractivity contribution in [2.75, 3.05) is 11.9 Å². The number of nitrogens with zero attached hydrogens (tertiary/aromatic N) is 1. The highest BCUT2D eigenvalue weighted by atomic mass is 16.6. The van der Waals surface area contributed by atoms with Crippen molar-refractivity contribution in [1.29, 1.82) is 0 Å². The minimum Gasteiger partial charge on any atom is -0.455 e. The average Bonchev–Trinajstić information content (AvgIpc) is 2.63. The number of non-ortho nitro benzene ring substituents is 1. The van der Waals surface area contributed by atoms with E-state index in [9.17, 15) is 19.7 Å². The quantitative estimate of drug-likeness (QED) is 0.464. The normalized spacial score (nSPS) is 11.5. The van der Waals surface area contributed by atoms with Crippen molar-refractivity contribution in [2.45, 2.75) is 26.2 Å². The van der Waals surface area contributed by atoms with E-state index in [0.29, 0.717) is 17.7 Å². The summed E-state index contributed by atoms with van der Waals surface area (Å²) in [6.07, 6.45) is 0.550. The van der Waals surface area contributed by atoms with Gasteiger partial charge in [-0.25, -0.2) is 0 Å². The molecule has 26 heavy (non-hydrogen) atoms. The third-order valence-corrected chi connectivity index (χ3v) is 3.95. The van der Waals surface area contributed by atoms with Gasteiger partial charge in [0.25, 0.3) is 11.6 Å². The van der Waals surface area contributed by atoms with Crippen LogP contribution in [0.25, 0.3) is 0 Å². The topological polar surface area (TPSA) is 98.5 Å². The van der Waals surface area contributed by atoms with Gasteiger partial charge in [0.15, 0.2) is 6.61 Å². The second-order valence-corrected chi connectivity index (χ2v) is 5.78. The number of anilines is 1. The maximum absolute atomic E-state index is 12.3. The Kier molecular flexibility index (Phi) is 6.43. The monoisotopic (exact) mass is 356 g/mol. The van der Waals surface area contributed by atoms with Gasteiger partial charge in [-0.15, -0.1) is 0 Å². The first-order valence-electron chi connectivity index (χ1n) is 8.18.